The second-order valence-corrected chi connectivity index (χ2v) is 5.07. The maximum absolute atomic E-state index is 12.2. The summed E-state index contributed by atoms with van der Waals surface area (Å²) in [5.74, 6) is -1.46. The number of carboxylic acid groups (broad SMARTS) is 1. The van der Waals surface area contributed by atoms with E-state index in [9.17, 15) is 9.59 Å². The average molecular weight is 314 g/mol. The summed E-state index contributed by atoms with van der Waals surface area (Å²) in [4.78, 5) is 24.6. The predicted molar refractivity (Wildman–Crippen MR) is 75.9 cm³/mol. The van der Waals surface area contributed by atoms with Crippen LogP contribution in [0.1, 0.15) is 11.3 Å². The molecule has 0 aliphatic carbocycles. The molecule has 0 bridgehead atoms. The predicted octanol–water partition coefficient (Wildman–Crippen LogP) is 0.707. The molecule has 0 unspecified atom stereocenters. The van der Waals surface area contributed by atoms with E-state index in [1.165, 1.54) is 15.7 Å². The molecule has 1 amide bonds. The minimum absolute atomic E-state index is 0.00158. The normalized spacial score (nSPS) is 19.2. The van der Waals surface area contributed by atoms with Gasteiger partial charge in [-0.3, -0.25) is 9.48 Å². The van der Waals surface area contributed by atoms with Crippen LogP contribution in [0.5, 0.6) is 0 Å². The number of hydrogen-bond donors (Lipinski definition) is 1. The van der Waals surface area contributed by atoms with Crippen LogP contribution in [0.3, 0.4) is 0 Å². The molecule has 0 spiro atoms. The van der Waals surface area contributed by atoms with Crippen molar-refractivity contribution in [2.24, 2.45) is 7.05 Å². The topological polar surface area (TPSA) is 84.7 Å². The molecule has 1 N–H and O–H groups in total. The number of hydrogen-bond acceptors (Lipinski definition) is 4. The molecule has 1 atom stereocenters. The van der Waals surface area contributed by atoms with E-state index < -0.39 is 12.0 Å². The molecule has 1 aromatic heterocycles. The monoisotopic (exact) mass is 313 g/mol. The first kappa shape index (κ1) is 15.5. The van der Waals surface area contributed by atoms with Crippen LogP contribution in [0.2, 0.25) is 5.15 Å². The molecule has 1 saturated heterocycles. The van der Waals surface area contributed by atoms with Crippen molar-refractivity contribution in [3.63, 3.8) is 0 Å². The number of amides is 1. The number of nitrogens with zero attached hydrogens (tertiary/aromatic N) is 3. The summed E-state index contributed by atoms with van der Waals surface area (Å²) in [5, 5.41) is 13.7. The van der Waals surface area contributed by atoms with Crippen molar-refractivity contribution in [1.29, 1.82) is 0 Å². The molecule has 7 nitrogen and oxygen atoms in total. The van der Waals surface area contributed by atoms with Crippen LogP contribution >= 0.6 is 11.6 Å². The van der Waals surface area contributed by atoms with Gasteiger partial charge < -0.3 is 14.7 Å². The molecule has 8 heteroatoms. The largest absolute Gasteiger partial charge is 0.480 e. The molecule has 114 valence electrons. The Labute approximate surface area is 126 Å². The number of carbonyl (C=O) groups excluding carboxylic acids is 1. The lowest BCUT2D eigenvalue weighted by Crippen LogP contribution is -2.52. The van der Waals surface area contributed by atoms with Crippen LogP contribution < -0.4 is 0 Å². The first-order chi connectivity index (χ1) is 9.91. The molecule has 0 saturated carbocycles. The Morgan fingerprint density at radius 1 is 1.52 bits per heavy atom. The highest BCUT2D eigenvalue weighted by atomic mass is 35.5. The molecule has 0 aromatic carbocycles. The van der Waals surface area contributed by atoms with Crippen molar-refractivity contribution in [1.82, 2.24) is 14.7 Å². The van der Waals surface area contributed by atoms with Crippen molar-refractivity contribution >= 4 is 29.6 Å². The first-order valence-corrected chi connectivity index (χ1v) is 6.78. The molecule has 0 radical (unpaired) electrons. The number of aromatic nitrogens is 2. The summed E-state index contributed by atoms with van der Waals surface area (Å²) >= 11 is 6.07. The Morgan fingerprint density at radius 3 is 2.81 bits per heavy atom. The summed E-state index contributed by atoms with van der Waals surface area (Å²) in [7, 11) is 1.71. The second kappa shape index (κ2) is 6.28. The highest BCUT2D eigenvalue weighted by Crippen LogP contribution is 2.20. The van der Waals surface area contributed by atoms with Crippen LogP contribution in [0.15, 0.2) is 6.08 Å². The van der Waals surface area contributed by atoms with Crippen molar-refractivity contribution in [2.45, 2.75) is 13.0 Å². The number of rotatable bonds is 3. The molecule has 2 heterocycles. The van der Waals surface area contributed by atoms with Crippen LogP contribution in [-0.2, 0) is 21.4 Å². The van der Waals surface area contributed by atoms with E-state index in [4.69, 9.17) is 21.4 Å². The van der Waals surface area contributed by atoms with E-state index in [2.05, 4.69) is 5.10 Å². The van der Waals surface area contributed by atoms with Gasteiger partial charge in [0.1, 0.15) is 5.15 Å². The van der Waals surface area contributed by atoms with E-state index in [1.54, 1.807) is 20.0 Å². The van der Waals surface area contributed by atoms with Gasteiger partial charge in [-0.1, -0.05) is 11.6 Å². The molecule has 1 aromatic rings. The Bertz CT molecular complexity index is 596. The zero-order valence-corrected chi connectivity index (χ0v) is 12.5. The summed E-state index contributed by atoms with van der Waals surface area (Å²) < 4.78 is 6.60. The zero-order chi connectivity index (χ0) is 15.6. The molecular formula is C13H16ClN3O4. The maximum Gasteiger partial charge on any atom is 0.328 e. The van der Waals surface area contributed by atoms with Crippen LogP contribution in [0, 0.1) is 6.92 Å². The Kier molecular flexibility index (Phi) is 4.64. The lowest BCUT2D eigenvalue weighted by molar-refractivity contribution is -0.156. The molecule has 1 aliphatic rings. The van der Waals surface area contributed by atoms with Crippen LogP contribution in [0.25, 0.3) is 6.08 Å². The van der Waals surface area contributed by atoms with Gasteiger partial charge >= 0.3 is 5.97 Å². The van der Waals surface area contributed by atoms with Gasteiger partial charge in [0.2, 0.25) is 5.91 Å². The number of carbonyl (C=O) groups is 2. The number of aryl methyl sites for hydroxylation is 2. The lowest BCUT2D eigenvalue weighted by Gasteiger charge is -2.31. The number of halogens is 1. The van der Waals surface area contributed by atoms with Gasteiger partial charge in [0, 0.05) is 25.2 Å². The minimum Gasteiger partial charge on any atom is -0.480 e. The van der Waals surface area contributed by atoms with Gasteiger partial charge in [-0.15, -0.1) is 0 Å². The highest BCUT2D eigenvalue weighted by Gasteiger charge is 2.31. The summed E-state index contributed by atoms with van der Waals surface area (Å²) in [6.45, 7) is 2.36. The summed E-state index contributed by atoms with van der Waals surface area (Å²) in [6, 6.07) is -0.957. The Morgan fingerprint density at radius 2 is 2.24 bits per heavy atom. The van der Waals surface area contributed by atoms with Gasteiger partial charge in [0.15, 0.2) is 6.04 Å². The van der Waals surface area contributed by atoms with Crippen molar-refractivity contribution in [3.05, 3.63) is 22.5 Å². The molecule has 21 heavy (non-hydrogen) atoms. The molecular weight excluding hydrogens is 298 g/mol. The van der Waals surface area contributed by atoms with Gasteiger partial charge in [0.25, 0.3) is 0 Å². The fourth-order valence-electron chi connectivity index (χ4n) is 2.16. The quantitative estimate of drug-likeness (QED) is 0.831. The van der Waals surface area contributed by atoms with Gasteiger partial charge in [-0.05, 0) is 13.0 Å². The highest BCUT2D eigenvalue weighted by molar-refractivity contribution is 6.31. The smallest absolute Gasteiger partial charge is 0.328 e. The SMILES string of the molecule is Cc1nn(C)c(Cl)c1/C=C/C(=O)N1CCOC[C@@H]1C(=O)O. The third-order valence-electron chi connectivity index (χ3n) is 3.29. The minimum atomic E-state index is -1.08. The first-order valence-electron chi connectivity index (χ1n) is 6.40. The van der Waals surface area contributed by atoms with E-state index in [1.807, 2.05) is 0 Å². The summed E-state index contributed by atoms with van der Waals surface area (Å²) in [6.07, 6.45) is 2.87. The standard InChI is InChI=1S/C13H16ClN3O4/c1-8-9(12(14)16(2)15-8)3-4-11(18)17-5-6-21-7-10(17)13(19)20/h3-4,10H,5-7H2,1-2H3,(H,19,20)/b4-3+/t10-/m1/s1. The molecule has 1 aliphatic heterocycles. The summed E-state index contributed by atoms with van der Waals surface area (Å²) in [5.41, 5.74) is 1.34. The van der Waals surface area contributed by atoms with E-state index >= 15 is 0 Å². The number of morpholine rings is 1. The van der Waals surface area contributed by atoms with E-state index in [-0.39, 0.29) is 19.1 Å². The van der Waals surface area contributed by atoms with Crippen LogP contribution in [-0.4, -0.2) is 57.5 Å². The van der Waals surface area contributed by atoms with E-state index in [0.29, 0.717) is 23.0 Å². The van der Waals surface area contributed by atoms with E-state index in [0.717, 1.165) is 0 Å². The number of carboxylic acids is 1. The second-order valence-electron chi connectivity index (χ2n) is 4.71. The third-order valence-corrected chi connectivity index (χ3v) is 3.73. The van der Waals surface area contributed by atoms with Crippen molar-refractivity contribution < 1.29 is 19.4 Å². The van der Waals surface area contributed by atoms with Gasteiger partial charge in [-0.2, -0.15) is 5.10 Å². The van der Waals surface area contributed by atoms with Gasteiger partial charge in [0.05, 0.1) is 18.9 Å². The van der Waals surface area contributed by atoms with Crippen molar-refractivity contribution in [3.8, 4) is 0 Å². The zero-order valence-electron chi connectivity index (χ0n) is 11.7. The lowest BCUT2D eigenvalue weighted by atomic mass is 10.2. The maximum atomic E-state index is 12.2. The Hall–Kier alpha value is -1.86. The van der Waals surface area contributed by atoms with Crippen molar-refractivity contribution in [2.75, 3.05) is 19.8 Å². The fraction of sp³-hybridized carbons (Fsp3) is 0.462. The molecule has 2 rings (SSSR count). The Balaban J connectivity index is 2.16. The fourth-order valence-corrected chi connectivity index (χ4v) is 2.40. The average Bonchev–Trinajstić information content (AvgIpc) is 2.70. The number of aliphatic carboxylic acids is 1. The van der Waals surface area contributed by atoms with Crippen LogP contribution in [0.4, 0.5) is 0 Å². The number of ether oxygens (including phenoxy) is 1. The molecule has 1 fully saturated rings. The third kappa shape index (κ3) is 3.25. The van der Waals surface area contributed by atoms with Gasteiger partial charge in [-0.25, -0.2) is 4.79 Å².